The Labute approximate surface area is 212 Å². The number of aromatic amines is 1. The summed E-state index contributed by atoms with van der Waals surface area (Å²) in [5.74, 6) is -1.01. The Morgan fingerprint density at radius 3 is 2.50 bits per heavy atom. The van der Waals surface area contributed by atoms with Crippen LogP contribution in [0.5, 0.6) is 0 Å². The highest BCUT2D eigenvalue weighted by atomic mass is 35.5. The van der Waals surface area contributed by atoms with Crippen molar-refractivity contribution in [2.24, 2.45) is 0 Å². The summed E-state index contributed by atoms with van der Waals surface area (Å²) < 4.78 is 32.8. The molecule has 11 heteroatoms. The number of carbonyl (C=O) groups excluding carboxylic acids is 1. The summed E-state index contributed by atoms with van der Waals surface area (Å²) in [4.78, 5) is 26.8. The lowest BCUT2D eigenvalue weighted by molar-refractivity contribution is -0.116. The summed E-state index contributed by atoms with van der Waals surface area (Å²) in [6, 6.07) is 18.3. The van der Waals surface area contributed by atoms with Crippen LogP contribution in [0.15, 0.2) is 80.9 Å². The fourth-order valence-corrected chi connectivity index (χ4v) is 5.11. The van der Waals surface area contributed by atoms with E-state index in [0.29, 0.717) is 27.4 Å². The average Bonchev–Trinajstić information content (AvgIpc) is 3.28. The molecule has 2 N–H and O–H groups in total. The van der Waals surface area contributed by atoms with E-state index in [9.17, 15) is 18.0 Å². The van der Waals surface area contributed by atoms with E-state index in [1.54, 1.807) is 61.5 Å². The van der Waals surface area contributed by atoms with Gasteiger partial charge in [0.1, 0.15) is 0 Å². The predicted octanol–water partition coefficient (Wildman–Crippen LogP) is 4.13. The number of aromatic nitrogens is 2. The largest absolute Gasteiger partial charge is 0.439 e. The van der Waals surface area contributed by atoms with Gasteiger partial charge in [0.2, 0.25) is 15.9 Å². The molecule has 0 atom stereocenters. The van der Waals surface area contributed by atoms with Crippen molar-refractivity contribution in [2.45, 2.75) is 25.3 Å². The molecule has 0 aliphatic heterocycles. The van der Waals surface area contributed by atoms with Crippen molar-refractivity contribution in [1.29, 1.82) is 0 Å². The lowest BCUT2D eigenvalue weighted by atomic mass is 10.1. The Hall–Kier alpha value is -3.73. The summed E-state index contributed by atoms with van der Waals surface area (Å²) in [6.45, 7) is 3.08. The molecule has 0 fully saturated rings. The summed E-state index contributed by atoms with van der Waals surface area (Å²) in [6.07, 6.45) is 0. The molecular weight excluding hydrogens is 504 g/mol. The van der Waals surface area contributed by atoms with Crippen LogP contribution >= 0.6 is 11.6 Å². The number of amides is 1. The minimum atomic E-state index is -4.04. The first-order valence-electron chi connectivity index (χ1n) is 10.9. The quantitative estimate of drug-likeness (QED) is 0.355. The van der Waals surface area contributed by atoms with Gasteiger partial charge in [-0.25, -0.2) is 13.2 Å². The molecule has 4 rings (SSSR count). The van der Waals surface area contributed by atoms with Crippen LogP contribution in [0.25, 0.3) is 11.4 Å². The zero-order valence-corrected chi connectivity index (χ0v) is 21.1. The molecule has 0 radical (unpaired) electrons. The summed E-state index contributed by atoms with van der Waals surface area (Å²) in [5.41, 5.74) is 3.19. The van der Waals surface area contributed by atoms with Gasteiger partial charge in [0, 0.05) is 22.8 Å². The van der Waals surface area contributed by atoms with Crippen LogP contribution in [-0.4, -0.2) is 35.3 Å². The number of halogens is 1. The molecule has 186 valence electrons. The van der Waals surface area contributed by atoms with E-state index in [2.05, 4.69) is 20.0 Å². The summed E-state index contributed by atoms with van der Waals surface area (Å²) in [5, 5.41) is 6.91. The molecule has 4 aromatic rings. The third-order valence-corrected chi connectivity index (χ3v) is 7.74. The lowest BCUT2D eigenvalue weighted by Crippen LogP contribution is -2.37. The smallest absolute Gasteiger partial charge is 0.325 e. The molecule has 3 aromatic carbocycles. The molecule has 0 saturated carbocycles. The highest BCUT2D eigenvalue weighted by Gasteiger charge is 2.27. The van der Waals surface area contributed by atoms with E-state index in [-0.39, 0.29) is 17.3 Å². The van der Waals surface area contributed by atoms with E-state index in [0.717, 1.165) is 9.87 Å². The second-order valence-electron chi connectivity index (χ2n) is 8.19. The molecule has 0 saturated heterocycles. The number of anilines is 1. The van der Waals surface area contributed by atoms with Gasteiger partial charge in [-0.05, 0) is 55.3 Å². The number of rotatable bonds is 8. The van der Waals surface area contributed by atoms with Crippen molar-refractivity contribution in [3.05, 3.63) is 99.0 Å². The minimum Gasteiger partial charge on any atom is -0.325 e. The van der Waals surface area contributed by atoms with Crippen LogP contribution < -0.4 is 11.1 Å². The monoisotopic (exact) mass is 526 g/mol. The molecule has 0 spiro atoms. The Morgan fingerprint density at radius 1 is 1.08 bits per heavy atom. The third kappa shape index (κ3) is 5.73. The minimum absolute atomic E-state index is 0.0665. The van der Waals surface area contributed by atoms with Gasteiger partial charge in [-0.3, -0.25) is 14.3 Å². The second-order valence-corrected chi connectivity index (χ2v) is 10.5. The van der Waals surface area contributed by atoms with Gasteiger partial charge >= 0.3 is 5.76 Å². The van der Waals surface area contributed by atoms with Crippen LogP contribution in [0.2, 0.25) is 5.02 Å². The Bertz CT molecular complexity index is 1560. The van der Waals surface area contributed by atoms with Crippen molar-refractivity contribution >= 4 is 33.2 Å². The first-order valence-corrected chi connectivity index (χ1v) is 12.7. The van der Waals surface area contributed by atoms with E-state index in [1.807, 2.05) is 6.92 Å². The maximum atomic E-state index is 13.6. The number of nitrogens with zero attached hydrogens (tertiary/aromatic N) is 2. The van der Waals surface area contributed by atoms with Gasteiger partial charge < -0.3 is 5.32 Å². The van der Waals surface area contributed by atoms with Crippen LogP contribution in [0.4, 0.5) is 5.69 Å². The molecule has 0 aliphatic carbocycles. The maximum absolute atomic E-state index is 13.6. The zero-order valence-electron chi connectivity index (χ0n) is 19.5. The fraction of sp³-hybridized carbons (Fsp3) is 0.160. The average molecular weight is 527 g/mol. The number of hydrogen-bond donors (Lipinski definition) is 2. The molecule has 1 amide bonds. The molecule has 0 unspecified atom stereocenters. The van der Waals surface area contributed by atoms with Crippen molar-refractivity contribution < 1.29 is 17.7 Å². The van der Waals surface area contributed by atoms with E-state index in [4.69, 9.17) is 11.6 Å². The van der Waals surface area contributed by atoms with Crippen molar-refractivity contribution in [1.82, 2.24) is 14.4 Å². The van der Waals surface area contributed by atoms with Gasteiger partial charge in [0.05, 0.1) is 11.4 Å². The first kappa shape index (κ1) is 25.4. The Kier molecular flexibility index (Phi) is 7.39. The molecule has 1 heterocycles. The Morgan fingerprint density at radius 2 is 1.81 bits per heavy atom. The van der Waals surface area contributed by atoms with Crippen LogP contribution in [0, 0.1) is 13.8 Å². The molecule has 1 aromatic heterocycles. The normalized spacial score (nSPS) is 11.6. The maximum Gasteiger partial charge on any atom is 0.439 e. The number of nitrogens with one attached hydrogen (secondary N) is 2. The number of sulfonamides is 1. The van der Waals surface area contributed by atoms with Gasteiger partial charge in [0.15, 0.2) is 5.82 Å². The van der Waals surface area contributed by atoms with Gasteiger partial charge in [0.25, 0.3) is 0 Å². The molecule has 9 nitrogen and oxygen atoms in total. The standard InChI is InChI=1S/C25H23ClN4O5S/c1-16-9-11-20(12-10-16)36(33,34)30(15-23(31)27-22-8-4-7-21(26)17(22)2)14-18-5-3-6-19(13-18)24-28-25(32)35-29-24/h3-13H,14-15H2,1-2H3,(H,27,31)(H,28,29,32). The number of hydrogen-bond acceptors (Lipinski definition) is 6. The van der Waals surface area contributed by atoms with Crippen LogP contribution in [0.1, 0.15) is 16.7 Å². The highest BCUT2D eigenvalue weighted by molar-refractivity contribution is 7.89. The summed E-state index contributed by atoms with van der Waals surface area (Å²) >= 11 is 6.15. The van der Waals surface area contributed by atoms with Crippen LogP contribution in [-0.2, 0) is 21.4 Å². The Balaban J connectivity index is 1.65. The fourth-order valence-electron chi connectivity index (χ4n) is 3.55. The molecule has 0 aliphatic rings. The van der Waals surface area contributed by atoms with Gasteiger partial charge in [-0.1, -0.05) is 58.7 Å². The topological polar surface area (TPSA) is 125 Å². The first-order chi connectivity index (χ1) is 17.1. The zero-order chi connectivity index (χ0) is 25.9. The van der Waals surface area contributed by atoms with Gasteiger partial charge in [-0.15, -0.1) is 0 Å². The van der Waals surface area contributed by atoms with E-state index < -0.39 is 28.2 Å². The lowest BCUT2D eigenvalue weighted by Gasteiger charge is -2.22. The van der Waals surface area contributed by atoms with Gasteiger partial charge in [-0.2, -0.15) is 4.31 Å². The SMILES string of the molecule is Cc1ccc(S(=O)(=O)N(CC(=O)Nc2cccc(Cl)c2C)Cc2cccc(-c3noc(=O)[nH]3)c2)cc1. The number of benzene rings is 3. The van der Waals surface area contributed by atoms with E-state index in [1.165, 1.54) is 12.1 Å². The highest BCUT2D eigenvalue weighted by Crippen LogP contribution is 2.24. The number of H-pyrrole nitrogens is 1. The number of carbonyl (C=O) groups is 1. The third-order valence-electron chi connectivity index (χ3n) is 5.52. The van der Waals surface area contributed by atoms with Crippen molar-refractivity contribution in [3.63, 3.8) is 0 Å². The van der Waals surface area contributed by atoms with E-state index >= 15 is 0 Å². The van der Waals surface area contributed by atoms with Crippen LogP contribution in [0.3, 0.4) is 0 Å². The molecule has 36 heavy (non-hydrogen) atoms. The number of aryl methyl sites for hydroxylation is 1. The molecular formula is C25H23ClN4O5S. The van der Waals surface area contributed by atoms with Crippen molar-refractivity contribution in [3.8, 4) is 11.4 Å². The second kappa shape index (κ2) is 10.5. The van der Waals surface area contributed by atoms with Crippen molar-refractivity contribution in [2.75, 3.05) is 11.9 Å². The molecule has 0 bridgehead atoms. The summed E-state index contributed by atoms with van der Waals surface area (Å²) in [7, 11) is -4.04. The predicted molar refractivity (Wildman–Crippen MR) is 136 cm³/mol.